The molecule has 3 N–H and O–H groups in total. The molecule has 31 heavy (non-hydrogen) atoms. The molecular formula is C22H33IN6O2. The van der Waals surface area contributed by atoms with Crippen LogP contribution in [0.4, 0.5) is 4.79 Å². The van der Waals surface area contributed by atoms with Crippen molar-refractivity contribution in [1.82, 2.24) is 25.7 Å². The molecular weight excluding hydrogens is 507 g/mol. The number of carbonyl (C=O) groups excluding carboxylic acids is 1. The van der Waals surface area contributed by atoms with Gasteiger partial charge in [0.1, 0.15) is 0 Å². The average Bonchev–Trinajstić information content (AvgIpc) is 3.44. The Kier molecular flexibility index (Phi) is 10.1. The first-order valence-electron chi connectivity index (χ1n) is 10.7. The van der Waals surface area contributed by atoms with E-state index in [0.29, 0.717) is 19.1 Å². The molecule has 1 aliphatic carbocycles. The van der Waals surface area contributed by atoms with Crippen LogP contribution in [0.15, 0.2) is 47.7 Å². The van der Waals surface area contributed by atoms with Crippen LogP contribution < -0.4 is 16.0 Å². The number of guanidine groups is 1. The lowest BCUT2D eigenvalue weighted by atomic mass is 10.1. The maximum absolute atomic E-state index is 11.8. The monoisotopic (exact) mass is 540 g/mol. The molecule has 8 nitrogen and oxygen atoms in total. The molecule has 1 aliphatic rings. The topological polar surface area (TPSA) is 92.6 Å². The lowest BCUT2D eigenvalue weighted by molar-refractivity contribution is 0.147. The Morgan fingerprint density at radius 3 is 2.74 bits per heavy atom. The van der Waals surface area contributed by atoms with Crippen molar-refractivity contribution in [2.75, 3.05) is 19.7 Å². The summed E-state index contributed by atoms with van der Waals surface area (Å²) >= 11 is 0. The maximum atomic E-state index is 11.8. The number of nitrogens with zero attached hydrogens (tertiary/aromatic N) is 3. The molecule has 2 atom stereocenters. The van der Waals surface area contributed by atoms with E-state index in [1.54, 1.807) is 13.1 Å². The van der Waals surface area contributed by atoms with Gasteiger partial charge in [0.25, 0.3) is 0 Å². The summed E-state index contributed by atoms with van der Waals surface area (Å²) in [6.07, 6.45) is 5.56. The van der Waals surface area contributed by atoms with Crippen LogP contribution in [0.1, 0.15) is 45.2 Å². The number of nitrogens with one attached hydrogen (secondary N) is 3. The second-order valence-corrected chi connectivity index (χ2v) is 7.44. The van der Waals surface area contributed by atoms with Crippen LogP contribution >= 0.6 is 24.0 Å². The van der Waals surface area contributed by atoms with E-state index in [1.807, 2.05) is 36.0 Å². The van der Waals surface area contributed by atoms with Crippen LogP contribution in [0.25, 0.3) is 5.69 Å². The minimum atomic E-state index is -0.369. The number of hydrogen-bond donors (Lipinski definition) is 3. The Morgan fingerprint density at radius 1 is 1.29 bits per heavy atom. The summed E-state index contributed by atoms with van der Waals surface area (Å²) in [4.78, 5) is 16.6. The van der Waals surface area contributed by atoms with E-state index in [0.717, 1.165) is 36.6 Å². The molecule has 170 valence electrons. The van der Waals surface area contributed by atoms with Gasteiger partial charge in [0, 0.05) is 18.9 Å². The number of ether oxygens (including phenoxy) is 1. The van der Waals surface area contributed by atoms with Gasteiger partial charge in [0.05, 0.1) is 30.9 Å². The highest BCUT2D eigenvalue weighted by atomic mass is 127. The highest BCUT2D eigenvalue weighted by Crippen LogP contribution is 2.32. The first-order chi connectivity index (χ1) is 14.6. The molecule has 1 aromatic carbocycles. The SMILES string of the molecule is CCNC(=NCC(NC(=O)OCC)C1CC1)NC(C)c1cccc(-n2cccn2)c1.I. The third kappa shape index (κ3) is 7.71. The van der Waals surface area contributed by atoms with Gasteiger partial charge >= 0.3 is 6.09 Å². The van der Waals surface area contributed by atoms with Crippen molar-refractivity contribution in [2.45, 2.75) is 45.7 Å². The molecule has 2 unspecified atom stereocenters. The van der Waals surface area contributed by atoms with Gasteiger partial charge in [-0.2, -0.15) is 5.10 Å². The van der Waals surface area contributed by atoms with E-state index in [2.05, 4.69) is 40.1 Å². The Morgan fingerprint density at radius 2 is 2.10 bits per heavy atom. The molecule has 9 heteroatoms. The van der Waals surface area contributed by atoms with Crippen LogP contribution in [-0.2, 0) is 4.74 Å². The fraction of sp³-hybridized carbons (Fsp3) is 0.500. The number of aliphatic imine (C=N–C) groups is 1. The van der Waals surface area contributed by atoms with E-state index in [1.165, 1.54) is 0 Å². The zero-order valence-electron chi connectivity index (χ0n) is 18.4. The van der Waals surface area contributed by atoms with E-state index >= 15 is 0 Å². The van der Waals surface area contributed by atoms with Gasteiger partial charge in [0.2, 0.25) is 0 Å². The van der Waals surface area contributed by atoms with Gasteiger partial charge in [0.15, 0.2) is 5.96 Å². The van der Waals surface area contributed by atoms with Crippen molar-refractivity contribution < 1.29 is 9.53 Å². The van der Waals surface area contributed by atoms with Crippen LogP contribution in [-0.4, -0.2) is 47.6 Å². The second kappa shape index (κ2) is 12.5. The van der Waals surface area contributed by atoms with Gasteiger partial charge < -0.3 is 20.7 Å². The molecule has 1 amide bonds. The average molecular weight is 540 g/mol. The first-order valence-corrected chi connectivity index (χ1v) is 10.7. The summed E-state index contributed by atoms with van der Waals surface area (Å²) in [6.45, 7) is 7.58. The third-order valence-corrected chi connectivity index (χ3v) is 5.05. The number of alkyl carbamates (subject to hydrolysis) is 1. The highest BCUT2D eigenvalue weighted by molar-refractivity contribution is 14.0. The summed E-state index contributed by atoms with van der Waals surface area (Å²) in [5, 5.41) is 14.0. The Labute approximate surface area is 201 Å². The summed E-state index contributed by atoms with van der Waals surface area (Å²) in [5.41, 5.74) is 2.15. The Hall–Kier alpha value is -2.30. The third-order valence-electron chi connectivity index (χ3n) is 5.05. The van der Waals surface area contributed by atoms with E-state index in [9.17, 15) is 4.79 Å². The molecule has 0 aliphatic heterocycles. The van der Waals surface area contributed by atoms with Gasteiger partial charge in [-0.1, -0.05) is 12.1 Å². The standard InChI is InChI=1S/C22H32N6O2.HI/c1-4-23-21(24-15-20(17-10-11-17)27-22(29)30-5-2)26-16(3)18-8-6-9-19(14-18)28-13-7-12-25-28;/h6-9,12-14,16-17,20H,4-5,10-11,15H2,1-3H3,(H,27,29)(H2,23,24,26);1H. The smallest absolute Gasteiger partial charge is 0.407 e. The van der Waals surface area contributed by atoms with Crippen molar-refractivity contribution in [3.63, 3.8) is 0 Å². The molecule has 1 aromatic heterocycles. The molecule has 1 saturated carbocycles. The van der Waals surface area contributed by atoms with Crippen LogP contribution in [0.5, 0.6) is 0 Å². The molecule has 0 saturated heterocycles. The Balaban J connectivity index is 0.00000341. The number of rotatable bonds is 9. The number of amides is 1. The predicted octanol–water partition coefficient (Wildman–Crippen LogP) is 3.63. The van der Waals surface area contributed by atoms with Gasteiger partial charge in [-0.05, 0) is 63.3 Å². The van der Waals surface area contributed by atoms with Gasteiger partial charge in [-0.3, -0.25) is 4.99 Å². The first kappa shape index (κ1) is 25.0. The summed E-state index contributed by atoms with van der Waals surface area (Å²) < 4.78 is 6.88. The number of aromatic nitrogens is 2. The zero-order chi connectivity index (χ0) is 21.3. The predicted molar refractivity (Wildman–Crippen MR) is 133 cm³/mol. The van der Waals surface area contributed by atoms with Crippen LogP contribution in [0.3, 0.4) is 0 Å². The maximum Gasteiger partial charge on any atom is 0.407 e. The Bertz CT molecular complexity index is 838. The fourth-order valence-corrected chi connectivity index (χ4v) is 3.29. The van der Waals surface area contributed by atoms with Gasteiger partial charge in [-0.15, -0.1) is 24.0 Å². The molecule has 0 radical (unpaired) electrons. The van der Waals surface area contributed by atoms with Crippen molar-refractivity contribution >= 4 is 36.0 Å². The summed E-state index contributed by atoms with van der Waals surface area (Å²) in [6, 6.07) is 10.2. The fourth-order valence-electron chi connectivity index (χ4n) is 3.29. The van der Waals surface area contributed by atoms with E-state index in [4.69, 9.17) is 9.73 Å². The normalized spacial score (nSPS) is 15.4. The molecule has 1 fully saturated rings. The molecule has 2 aromatic rings. The van der Waals surface area contributed by atoms with Crippen LogP contribution in [0, 0.1) is 5.92 Å². The van der Waals surface area contributed by atoms with Crippen molar-refractivity contribution in [2.24, 2.45) is 10.9 Å². The van der Waals surface area contributed by atoms with Crippen LogP contribution in [0.2, 0.25) is 0 Å². The number of carbonyl (C=O) groups is 1. The number of hydrogen-bond acceptors (Lipinski definition) is 4. The molecule has 0 bridgehead atoms. The minimum Gasteiger partial charge on any atom is -0.450 e. The largest absolute Gasteiger partial charge is 0.450 e. The highest BCUT2D eigenvalue weighted by Gasteiger charge is 2.32. The minimum absolute atomic E-state index is 0. The number of benzene rings is 1. The quantitative estimate of drug-likeness (QED) is 0.257. The van der Waals surface area contributed by atoms with E-state index in [-0.39, 0.29) is 42.2 Å². The van der Waals surface area contributed by atoms with Crippen molar-refractivity contribution in [3.8, 4) is 5.69 Å². The zero-order valence-corrected chi connectivity index (χ0v) is 20.7. The van der Waals surface area contributed by atoms with Crippen molar-refractivity contribution in [3.05, 3.63) is 48.3 Å². The second-order valence-electron chi connectivity index (χ2n) is 7.44. The van der Waals surface area contributed by atoms with Crippen molar-refractivity contribution in [1.29, 1.82) is 0 Å². The lowest BCUT2D eigenvalue weighted by Gasteiger charge is -2.20. The molecule has 0 spiro atoms. The lowest BCUT2D eigenvalue weighted by Crippen LogP contribution is -2.42. The van der Waals surface area contributed by atoms with Gasteiger partial charge in [-0.25, -0.2) is 9.48 Å². The van der Waals surface area contributed by atoms with E-state index < -0.39 is 0 Å². The number of halogens is 1. The molecule has 3 rings (SSSR count). The molecule has 1 heterocycles. The summed E-state index contributed by atoms with van der Waals surface area (Å²) in [5.74, 6) is 1.20. The summed E-state index contributed by atoms with van der Waals surface area (Å²) in [7, 11) is 0.